The van der Waals surface area contributed by atoms with Crippen molar-refractivity contribution in [3.05, 3.63) is 71.5 Å². The van der Waals surface area contributed by atoms with E-state index in [4.69, 9.17) is 10.7 Å². The van der Waals surface area contributed by atoms with Gasteiger partial charge in [0, 0.05) is 59.0 Å². The summed E-state index contributed by atoms with van der Waals surface area (Å²) in [7, 11) is 0. The molecular weight excluding hydrogens is 501 g/mol. The molecule has 1 aliphatic rings. The van der Waals surface area contributed by atoms with Crippen molar-refractivity contribution in [2.45, 2.75) is 70.4 Å². The molecule has 0 spiro atoms. The van der Waals surface area contributed by atoms with E-state index in [1.54, 1.807) is 0 Å². The number of aryl methyl sites for hydroxylation is 1. The van der Waals surface area contributed by atoms with Crippen molar-refractivity contribution in [1.29, 1.82) is 0 Å². The van der Waals surface area contributed by atoms with Gasteiger partial charge in [-0.2, -0.15) is 0 Å². The zero-order valence-corrected chi connectivity index (χ0v) is 23.4. The van der Waals surface area contributed by atoms with Gasteiger partial charge in [0.05, 0.1) is 5.52 Å². The number of anilines is 1. The molecule has 37 heavy (non-hydrogen) atoms. The molecule has 0 radical (unpaired) electrons. The van der Waals surface area contributed by atoms with Crippen LogP contribution in [0.1, 0.15) is 55.8 Å². The monoisotopic (exact) mass is 541 g/mol. The lowest BCUT2D eigenvalue weighted by atomic mass is 9.92. The quantitative estimate of drug-likeness (QED) is 0.173. The zero-order valence-electron chi connectivity index (χ0n) is 21.8. The topological polar surface area (TPSA) is 78.8 Å². The van der Waals surface area contributed by atoms with Crippen LogP contribution in [-0.2, 0) is 19.3 Å². The molecule has 0 bridgehead atoms. The molecule has 2 aromatic carbocycles. The molecule has 0 fully saturated rings. The minimum Gasteiger partial charge on any atom is -0.380 e. The molecule has 2 heterocycles. The maximum atomic E-state index is 6.56. The Morgan fingerprint density at radius 1 is 0.973 bits per heavy atom. The summed E-state index contributed by atoms with van der Waals surface area (Å²) < 4.78 is 0. The van der Waals surface area contributed by atoms with E-state index in [0.29, 0.717) is 6.04 Å². The predicted octanol–water partition coefficient (Wildman–Crippen LogP) is 6.57. The van der Waals surface area contributed by atoms with E-state index in [0.717, 1.165) is 44.3 Å². The number of aromatic nitrogens is 2. The Bertz CT molecular complexity index is 1270. The molecule has 0 saturated heterocycles. The number of aromatic amines is 1. The van der Waals surface area contributed by atoms with E-state index in [2.05, 4.69) is 77.3 Å². The Kier molecular flexibility index (Phi) is 11.1. The molecule has 200 valence electrons. The molecule has 5 rings (SSSR count). The van der Waals surface area contributed by atoms with Crippen molar-refractivity contribution >= 4 is 52.3 Å². The lowest BCUT2D eigenvalue weighted by Gasteiger charge is -2.27. The number of nitrogens with zero attached hydrogens (tertiary/aromatic N) is 1. The number of unbranched alkanes of at least 4 members (excludes halogenated alkanes) is 1. The standard InChI is InChI=1S/C30H39N5.2ClH/c1-2-3-10-23(20-32-19-22(31)17-21-18-33-27-14-7-4-11-24(21)27)34-30-25-12-5-8-15-28(25)35-29-16-9-6-13-26(29)30;;/h4-5,7-8,11-12,14-15,18,22-23,32-33H,2-3,6,9-10,13,16-17,19-20,31H2,1H3,(H,34,35);2*1H. The lowest BCUT2D eigenvalue weighted by molar-refractivity contribution is 0.516. The Balaban J connectivity index is 0.00000190. The van der Waals surface area contributed by atoms with Crippen LogP contribution in [0.3, 0.4) is 0 Å². The number of halogens is 2. The van der Waals surface area contributed by atoms with Gasteiger partial charge in [0.2, 0.25) is 0 Å². The Hall–Kier alpha value is -2.31. The molecule has 1 aliphatic carbocycles. The third-order valence-corrected chi connectivity index (χ3v) is 7.38. The largest absolute Gasteiger partial charge is 0.380 e. The second-order valence-corrected chi connectivity index (χ2v) is 10.1. The summed E-state index contributed by atoms with van der Waals surface area (Å²) in [6.07, 6.45) is 11.2. The molecule has 7 heteroatoms. The molecule has 2 unspecified atom stereocenters. The van der Waals surface area contributed by atoms with Crippen LogP contribution in [0.2, 0.25) is 0 Å². The van der Waals surface area contributed by atoms with Crippen LogP contribution in [-0.4, -0.2) is 35.1 Å². The average Bonchev–Trinajstić information content (AvgIpc) is 3.29. The first-order valence-corrected chi connectivity index (χ1v) is 13.4. The zero-order chi connectivity index (χ0) is 24.0. The van der Waals surface area contributed by atoms with Crippen molar-refractivity contribution in [3.8, 4) is 0 Å². The lowest BCUT2D eigenvalue weighted by Crippen LogP contribution is -2.41. The summed E-state index contributed by atoms with van der Waals surface area (Å²) in [4.78, 5) is 8.38. The van der Waals surface area contributed by atoms with Gasteiger partial charge >= 0.3 is 0 Å². The van der Waals surface area contributed by atoms with Crippen LogP contribution in [0.5, 0.6) is 0 Å². The summed E-state index contributed by atoms with van der Waals surface area (Å²) in [5, 5.41) is 10.2. The Morgan fingerprint density at radius 3 is 2.57 bits per heavy atom. The number of H-pyrrole nitrogens is 1. The van der Waals surface area contributed by atoms with Crippen LogP contribution in [0.4, 0.5) is 5.69 Å². The fourth-order valence-corrected chi connectivity index (χ4v) is 5.52. The highest BCUT2D eigenvalue weighted by molar-refractivity contribution is 5.93. The summed E-state index contributed by atoms with van der Waals surface area (Å²) in [6, 6.07) is 17.5. The average molecular weight is 543 g/mol. The van der Waals surface area contributed by atoms with Gasteiger partial charge in [0.1, 0.15) is 0 Å². The second kappa shape index (κ2) is 14.0. The van der Waals surface area contributed by atoms with Gasteiger partial charge < -0.3 is 21.4 Å². The highest BCUT2D eigenvalue weighted by Crippen LogP contribution is 2.34. The normalized spacial score (nSPS) is 14.4. The van der Waals surface area contributed by atoms with E-state index >= 15 is 0 Å². The molecule has 5 N–H and O–H groups in total. The van der Waals surface area contributed by atoms with Crippen LogP contribution < -0.4 is 16.4 Å². The first-order valence-electron chi connectivity index (χ1n) is 13.4. The van der Waals surface area contributed by atoms with Gasteiger partial charge in [-0.3, -0.25) is 4.98 Å². The van der Waals surface area contributed by atoms with E-state index < -0.39 is 0 Å². The van der Waals surface area contributed by atoms with Crippen molar-refractivity contribution in [2.24, 2.45) is 5.73 Å². The van der Waals surface area contributed by atoms with Gasteiger partial charge in [-0.1, -0.05) is 56.2 Å². The van der Waals surface area contributed by atoms with E-state index in [1.807, 2.05) is 0 Å². The number of benzene rings is 2. The number of pyridine rings is 1. The SMILES string of the molecule is CCCCC(CNCC(N)Cc1c[nH]c2ccccc12)Nc1c2c(nc3ccccc13)CCCC2.Cl.Cl. The molecule has 0 aliphatic heterocycles. The number of hydrogen-bond acceptors (Lipinski definition) is 4. The maximum absolute atomic E-state index is 6.56. The van der Waals surface area contributed by atoms with Crippen molar-refractivity contribution in [2.75, 3.05) is 18.4 Å². The molecule has 4 aromatic rings. The predicted molar refractivity (Wildman–Crippen MR) is 163 cm³/mol. The van der Waals surface area contributed by atoms with E-state index in [1.165, 1.54) is 64.5 Å². The number of fused-ring (bicyclic) bond motifs is 3. The summed E-state index contributed by atoms with van der Waals surface area (Å²) >= 11 is 0. The summed E-state index contributed by atoms with van der Waals surface area (Å²) in [5.41, 5.74) is 14.2. The summed E-state index contributed by atoms with van der Waals surface area (Å²) in [5.74, 6) is 0. The number of nitrogens with one attached hydrogen (secondary N) is 3. The van der Waals surface area contributed by atoms with Crippen molar-refractivity contribution < 1.29 is 0 Å². The molecule has 2 aromatic heterocycles. The minimum atomic E-state index is 0. The molecule has 0 saturated carbocycles. The van der Waals surface area contributed by atoms with Crippen LogP contribution in [0.25, 0.3) is 21.8 Å². The maximum Gasteiger partial charge on any atom is 0.0726 e. The first-order chi connectivity index (χ1) is 17.2. The van der Waals surface area contributed by atoms with Gasteiger partial charge in [-0.15, -0.1) is 24.8 Å². The van der Waals surface area contributed by atoms with Crippen LogP contribution in [0.15, 0.2) is 54.7 Å². The number of para-hydroxylation sites is 2. The van der Waals surface area contributed by atoms with Gasteiger partial charge in [-0.25, -0.2) is 0 Å². The number of nitrogens with two attached hydrogens (primary N) is 1. The number of hydrogen-bond donors (Lipinski definition) is 4. The first kappa shape index (κ1) is 29.2. The second-order valence-electron chi connectivity index (χ2n) is 10.1. The van der Waals surface area contributed by atoms with E-state index in [9.17, 15) is 0 Å². The smallest absolute Gasteiger partial charge is 0.0726 e. The van der Waals surface area contributed by atoms with E-state index in [-0.39, 0.29) is 30.9 Å². The van der Waals surface area contributed by atoms with Gasteiger partial charge in [0.25, 0.3) is 0 Å². The third kappa shape index (κ3) is 6.97. The Morgan fingerprint density at radius 2 is 1.73 bits per heavy atom. The molecule has 2 atom stereocenters. The Labute approximate surface area is 233 Å². The minimum absolute atomic E-state index is 0. The molecule has 0 amide bonds. The summed E-state index contributed by atoms with van der Waals surface area (Å²) in [6.45, 7) is 3.98. The van der Waals surface area contributed by atoms with Gasteiger partial charge in [0.15, 0.2) is 0 Å². The van der Waals surface area contributed by atoms with Crippen molar-refractivity contribution in [3.63, 3.8) is 0 Å². The highest BCUT2D eigenvalue weighted by atomic mass is 35.5. The number of rotatable bonds is 11. The van der Waals surface area contributed by atoms with Gasteiger partial charge in [-0.05, 0) is 61.8 Å². The third-order valence-electron chi connectivity index (χ3n) is 7.38. The molecule has 5 nitrogen and oxygen atoms in total. The highest BCUT2D eigenvalue weighted by Gasteiger charge is 2.20. The fourth-order valence-electron chi connectivity index (χ4n) is 5.52. The van der Waals surface area contributed by atoms with Crippen molar-refractivity contribution in [1.82, 2.24) is 15.3 Å². The van der Waals surface area contributed by atoms with Crippen LogP contribution in [0, 0.1) is 0 Å². The fraction of sp³-hybridized carbons (Fsp3) is 0.433. The van der Waals surface area contributed by atoms with Crippen LogP contribution >= 0.6 is 24.8 Å². The molecular formula is C30H41Cl2N5.